The highest BCUT2D eigenvalue weighted by Crippen LogP contribution is 2.19. The van der Waals surface area contributed by atoms with E-state index in [-0.39, 0.29) is 12.8 Å². The van der Waals surface area contributed by atoms with Gasteiger partial charge in [0.1, 0.15) is 18.6 Å². The van der Waals surface area contributed by atoms with Crippen molar-refractivity contribution >= 4 is 29.7 Å². The Morgan fingerprint density at radius 2 is 1.85 bits per heavy atom. The van der Waals surface area contributed by atoms with Gasteiger partial charge in [0, 0.05) is 13.0 Å². The second-order valence-corrected chi connectivity index (χ2v) is 6.07. The molecular weight excluding hydrogens is 348 g/mol. The third kappa shape index (κ3) is 6.31. The van der Waals surface area contributed by atoms with Crippen molar-refractivity contribution in [3.8, 4) is 0 Å². The molecule has 0 bridgehead atoms. The largest absolute Gasteiger partial charge is 0.481 e. The molecule has 3 amide bonds. The number of nitrogens with two attached hydrogens (primary N) is 1. The van der Waals surface area contributed by atoms with Gasteiger partial charge in [0.05, 0.1) is 6.04 Å². The predicted molar refractivity (Wildman–Crippen MR) is 87.8 cm³/mol. The Morgan fingerprint density at radius 1 is 1.19 bits per heavy atom. The Balaban J connectivity index is 2.61. The van der Waals surface area contributed by atoms with Crippen LogP contribution in [0.4, 0.5) is 0 Å². The molecule has 1 aliphatic rings. The number of amides is 3. The number of carbonyl (C=O) groups excluding carboxylic acids is 3. The lowest BCUT2D eigenvalue weighted by atomic mass is 10.1. The summed E-state index contributed by atoms with van der Waals surface area (Å²) in [7, 11) is 0. The van der Waals surface area contributed by atoms with Gasteiger partial charge < -0.3 is 31.5 Å². The van der Waals surface area contributed by atoms with Crippen molar-refractivity contribution in [2.45, 2.75) is 50.7 Å². The van der Waals surface area contributed by atoms with Gasteiger partial charge in [-0.2, -0.15) is 0 Å². The molecule has 26 heavy (non-hydrogen) atoms. The molecule has 1 heterocycles. The summed E-state index contributed by atoms with van der Waals surface area (Å²) in [6.45, 7) is 1.15. The Labute approximate surface area is 149 Å². The topological polar surface area (TPSA) is 179 Å². The molecule has 1 fully saturated rings. The van der Waals surface area contributed by atoms with Crippen molar-refractivity contribution in [1.82, 2.24) is 15.5 Å². The van der Waals surface area contributed by atoms with Crippen LogP contribution in [0.1, 0.15) is 32.6 Å². The number of hydrogen-bond acceptors (Lipinski definition) is 6. The zero-order valence-corrected chi connectivity index (χ0v) is 14.4. The summed E-state index contributed by atoms with van der Waals surface area (Å²) in [5.74, 6) is -3.98. The van der Waals surface area contributed by atoms with Crippen LogP contribution < -0.4 is 16.4 Å². The average molecular weight is 372 g/mol. The van der Waals surface area contributed by atoms with Crippen LogP contribution >= 0.6 is 0 Å². The molecule has 0 aromatic carbocycles. The molecule has 0 aromatic heterocycles. The van der Waals surface area contributed by atoms with Gasteiger partial charge in [-0.05, 0) is 26.2 Å². The van der Waals surface area contributed by atoms with Crippen LogP contribution in [-0.4, -0.2) is 76.0 Å². The van der Waals surface area contributed by atoms with Crippen molar-refractivity contribution < 1.29 is 34.2 Å². The van der Waals surface area contributed by atoms with E-state index >= 15 is 0 Å². The summed E-state index contributed by atoms with van der Waals surface area (Å²) < 4.78 is 0. The number of hydrogen-bond donors (Lipinski definition) is 5. The Morgan fingerprint density at radius 3 is 2.42 bits per heavy atom. The van der Waals surface area contributed by atoms with Crippen LogP contribution in [0.3, 0.4) is 0 Å². The first-order chi connectivity index (χ1) is 12.1. The number of carbonyl (C=O) groups is 5. The quantitative estimate of drug-likeness (QED) is 0.304. The van der Waals surface area contributed by atoms with E-state index in [1.807, 2.05) is 0 Å². The molecule has 146 valence electrons. The molecule has 0 aliphatic carbocycles. The molecule has 3 atom stereocenters. The molecule has 1 aliphatic heterocycles. The summed E-state index contributed by atoms with van der Waals surface area (Å²) >= 11 is 0. The van der Waals surface area contributed by atoms with Gasteiger partial charge in [0.25, 0.3) is 0 Å². The average Bonchev–Trinajstić information content (AvgIpc) is 3.06. The third-order valence-corrected chi connectivity index (χ3v) is 3.99. The molecule has 11 heteroatoms. The standard InChI is InChI=1S/C15H24N4O7/c1-8(13(24)17-7-12(22)23)18-14(25)10-3-2-6-19(10)15(26)9(16)4-5-11(20)21/h8-10H,2-7,16H2,1H3,(H,17,24)(H,18,25)(H,20,21)(H,22,23). The molecule has 1 saturated heterocycles. The Hall–Kier alpha value is -2.69. The molecule has 0 spiro atoms. The minimum absolute atomic E-state index is 0.0347. The van der Waals surface area contributed by atoms with Gasteiger partial charge in [-0.15, -0.1) is 0 Å². The minimum Gasteiger partial charge on any atom is -0.481 e. The van der Waals surface area contributed by atoms with Gasteiger partial charge in [-0.1, -0.05) is 0 Å². The van der Waals surface area contributed by atoms with E-state index in [4.69, 9.17) is 15.9 Å². The van der Waals surface area contributed by atoms with Gasteiger partial charge in [0.15, 0.2) is 0 Å². The molecule has 0 radical (unpaired) electrons. The van der Waals surface area contributed by atoms with E-state index < -0.39 is 54.3 Å². The molecule has 0 saturated carbocycles. The number of aliphatic carboxylic acids is 2. The van der Waals surface area contributed by atoms with Gasteiger partial charge in [-0.25, -0.2) is 0 Å². The fraction of sp³-hybridized carbons (Fsp3) is 0.667. The van der Waals surface area contributed by atoms with Crippen LogP contribution in [0.15, 0.2) is 0 Å². The fourth-order valence-electron chi connectivity index (χ4n) is 2.61. The summed E-state index contributed by atoms with van der Waals surface area (Å²) in [5, 5.41) is 21.8. The fourth-order valence-corrected chi connectivity index (χ4v) is 2.61. The first kappa shape index (κ1) is 21.4. The van der Waals surface area contributed by atoms with Crippen molar-refractivity contribution in [1.29, 1.82) is 0 Å². The van der Waals surface area contributed by atoms with E-state index in [9.17, 15) is 24.0 Å². The summed E-state index contributed by atoms with van der Waals surface area (Å²) in [5.41, 5.74) is 5.72. The number of carboxylic acid groups (broad SMARTS) is 2. The van der Waals surface area contributed by atoms with Crippen LogP contribution in [0.25, 0.3) is 0 Å². The molecule has 11 nitrogen and oxygen atoms in total. The van der Waals surface area contributed by atoms with Gasteiger partial charge >= 0.3 is 11.9 Å². The zero-order valence-electron chi connectivity index (χ0n) is 14.4. The minimum atomic E-state index is -1.21. The van der Waals surface area contributed by atoms with Crippen molar-refractivity contribution in [2.75, 3.05) is 13.1 Å². The maximum atomic E-state index is 12.4. The molecule has 0 aromatic rings. The van der Waals surface area contributed by atoms with Gasteiger partial charge in [-0.3, -0.25) is 24.0 Å². The number of nitrogens with zero attached hydrogens (tertiary/aromatic N) is 1. The lowest BCUT2D eigenvalue weighted by molar-refractivity contribution is -0.141. The SMILES string of the molecule is CC(NC(=O)C1CCCN1C(=O)C(N)CCC(=O)O)C(=O)NCC(=O)O. The zero-order chi connectivity index (χ0) is 19.9. The van der Waals surface area contributed by atoms with Crippen molar-refractivity contribution in [3.05, 3.63) is 0 Å². The summed E-state index contributed by atoms with van der Waals surface area (Å²) in [6.07, 6.45) is 0.688. The van der Waals surface area contributed by atoms with E-state index in [0.717, 1.165) is 0 Å². The van der Waals surface area contributed by atoms with E-state index in [0.29, 0.717) is 19.4 Å². The van der Waals surface area contributed by atoms with Crippen molar-refractivity contribution in [2.24, 2.45) is 5.73 Å². The predicted octanol–water partition coefficient (Wildman–Crippen LogP) is -2.12. The summed E-state index contributed by atoms with van der Waals surface area (Å²) in [6, 6.07) is -2.79. The highest BCUT2D eigenvalue weighted by atomic mass is 16.4. The lowest BCUT2D eigenvalue weighted by Gasteiger charge is -2.27. The first-order valence-electron chi connectivity index (χ1n) is 8.21. The Kier molecular flexibility index (Phi) is 7.97. The number of carboxylic acids is 2. The van der Waals surface area contributed by atoms with Crippen molar-refractivity contribution in [3.63, 3.8) is 0 Å². The van der Waals surface area contributed by atoms with Crippen LogP contribution in [0, 0.1) is 0 Å². The smallest absolute Gasteiger partial charge is 0.322 e. The van der Waals surface area contributed by atoms with E-state index in [1.54, 1.807) is 0 Å². The maximum Gasteiger partial charge on any atom is 0.322 e. The van der Waals surface area contributed by atoms with E-state index in [1.165, 1.54) is 11.8 Å². The Bertz CT molecular complexity index is 580. The van der Waals surface area contributed by atoms with Gasteiger partial charge in [0.2, 0.25) is 17.7 Å². The summed E-state index contributed by atoms with van der Waals surface area (Å²) in [4.78, 5) is 58.8. The normalized spacial score (nSPS) is 18.7. The third-order valence-electron chi connectivity index (χ3n) is 3.99. The number of likely N-dealkylation sites (tertiary alicyclic amines) is 1. The maximum absolute atomic E-state index is 12.4. The second-order valence-electron chi connectivity index (χ2n) is 6.07. The highest BCUT2D eigenvalue weighted by Gasteiger charge is 2.37. The lowest BCUT2D eigenvalue weighted by Crippen LogP contribution is -2.54. The van der Waals surface area contributed by atoms with Crippen LogP contribution in [0.2, 0.25) is 0 Å². The number of rotatable bonds is 9. The molecule has 1 rings (SSSR count). The molecular formula is C15H24N4O7. The number of nitrogens with one attached hydrogen (secondary N) is 2. The molecule has 3 unspecified atom stereocenters. The first-order valence-corrected chi connectivity index (χ1v) is 8.21. The van der Waals surface area contributed by atoms with E-state index in [2.05, 4.69) is 10.6 Å². The van der Waals surface area contributed by atoms with Crippen LogP contribution in [0.5, 0.6) is 0 Å². The molecule has 6 N–H and O–H groups in total. The highest BCUT2D eigenvalue weighted by molar-refractivity contribution is 5.93. The van der Waals surface area contributed by atoms with Crippen LogP contribution in [-0.2, 0) is 24.0 Å². The monoisotopic (exact) mass is 372 g/mol. The second kappa shape index (κ2) is 9.70.